The van der Waals surface area contributed by atoms with Crippen LogP contribution in [0.3, 0.4) is 0 Å². The predicted molar refractivity (Wildman–Crippen MR) is 199 cm³/mol. The molecule has 248 valence electrons. The molecule has 0 N–H and O–H groups in total. The molecular formula is C38H56N2O2S3. The lowest BCUT2D eigenvalue weighted by atomic mass is 10.0. The Labute approximate surface area is 285 Å². The average molecular weight is 669 g/mol. The minimum absolute atomic E-state index is 0.691. The van der Waals surface area contributed by atoms with E-state index < -0.39 is 0 Å². The monoisotopic (exact) mass is 668 g/mol. The van der Waals surface area contributed by atoms with Gasteiger partial charge < -0.3 is 9.47 Å². The van der Waals surface area contributed by atoms with Crippen LogP contribution in [-0.2, 0) is 0 Å². The molecule has 4 aromatic rings. The fourth-order valence-corrected chi connectivity index (χ4v) is 8.16. The summed E-state index contributed by atoms with van der Waals surface area (Å²) in [6, 6.07) is 8.55. The molecule has 0 unspecified atom stereocenters. The van der Waals surface area contributed by atoms with Gasteiger partial charge in [0.15, 0.2) is 11.5 Å². The smallest absolute Gasteiger partial charge is 0.172 e. The first-order valence-electron chi connectivity index (χ1n) is 18.0. The minimum Gasteiger partial charge on any atom is -0.489 e. The Bertz CT molecular complexity index is 1200. The van der Waals surface area contributed by atoms with Crippen LogP contribution in [0, 0.1) is 0 Å². The van der Waals surface area contributed by atoms with Gasteiger partial charge in [-0.1, -0.05) is 142 Å². The Morgan fingerprint density at radius 3 is 1.18 bits per heavy atom. The van der Waals surface area contributed by atoms with Crippen LogP contribution >= 0.6 is 34.4 Å². The highest BCUT2D eigenvalue weighted by Gasteiger charge is 2.28. The standard InChI is InChI=1S/C38H56N2O2S3/c1-3-5-7-9-11-13-15-17-19-21-27-41-37-33(31-25-23-29-43-31)35-36(40-45-39-35)34(32-26-24-30-44-32)38(37)42-28-22-20-18-16-14-12-10-8-6-4-2/h23-26,29-30H,3-22,27-28H2,1-2H3. The Kier molecular flexibility index (Phi) is 17.4. The van der Waals surface area contributed by atoms with Gasteiger partial charge in [0.2, 0.25) is 0 Å². The van der Waals surface area contributed by atoms with E-state index in [1.165, 1.54) is 127 Å². The molecule has 0 amide bonds. The number of nitrogens with zero attached hydrogens (tertiary/aromatic N) is 2. The Morgan fingerprint density at radius 1 is 0.489 bits per heavy atom. The Morgan fingerprint density at radius 2 is 0.844 bits per heavy atom. The van der Waals surface area contributed by atoms with Crippen molar-refractivity contribution in [1.29, 1.82) is 0 Å². The van der Waals surface area contributed by atoms with Gasteiger partial charge in [0.1, 0.15) is 11.0 Å². The molecule has 4 nitrogen and oxygen atoms in total. The molecule has 7 heteroatoms. The third kappa shape index (κ3) is 11.7. The van der Waals surface area contributed by atoms with Gasteiger partial charge >= 0.3 is 0 Å². The van der Waals surface area contributed by atoms with Crippen molar-refractivity contribution in [1.82, 2.24) is 8.75 Å². The predicted octanol–water partition coefficient (Wildman–Crippen LogP) is 13.7. The van der Waals surface area contributed by atoms with Gasteiger partial charge in [-0.3, -0.25) is 0 Å². The molecule has 0 aliphatic rings. The summed E-state index contributed by atoms with van der Waals surface area (Å²) in [6.45, 7) is 5.95. The zero-order chi connectivity index (χ0) is 31.4. The lowest BCUT2D eigenvalue weighted by Gasteiger charge is -2.20. The van der Waals surface area contributed by atoms with Crippen molar-refractivity contribution < 1.29 is 9.47 Å². The van der Waals surface area contributed by atoms with Crippen LogP contribution in [0.2, 0.25) is 0 Å². The van der Waals surface area contributed by atoms with E-state index >= 15 is 0 Å². The quantitative estimate of drug-likeness (QED) is 0.0625. The number of hydrogen-bond donors (Lipinski definition) is 0. The van der Waals surface area contributed by atoms with Crippen molar-refractivity contribution in [3.05, 3.63) is 35.0 Å². The summed E-state index contributed by atoms with van der Waals surface area (Å²) in [4.78, 5) is 2.32. The summed E-state index contributed by atoms with van der Waals surface area (Å²) < 4.78 is 23.1. The second kappa shape index (κ2) is 21.8. The summed E-state index contributed by atoms with van der Waals surface area (Å²) in [5, 5.41) is 4.26. The van der Waals surface area contributed by atoms with Gasteiger partial charge in [-0.05, 0) is 35.7 Å². The summed E-state index contributed by atoms with van der Waals surface area (Å²) in [5.74, 6) is 1.70. The SMILES string of the molecule is CCCCCCCCCCCCOc1c(OCCCCCCCCCCCC)c(-c2cccs2)c2nsnc2c1-c1cccs1. The van der Waals surface area contributed by atoms with E-state index in [1.54, 1.807) is 22.7 Å². The van der Waals surface area contributed by atoms with Crippen molar-refractivity contribution in [2.45, 2.75) is 142 Å². The summed E-state index contributed by atoms with van der Waals surface area (Å²) in [7, 11) is 0. The zero-order valence-electron chi connectivity index (χ0n) is 28.0. The van der Waals surface area contributed by atoms with E-state index in [9.17, 15) is 0 Å². The number of hydrogen-bond acceptors (Lipinski definition) is 7. The third-order valence-corrected chi connectivity index (χ3v) is 10.9. The lowest BCUT2D eigenvalue weighted by Crippen LogP contribution is -2.06. The van der Waals surface area contributed by atoms with Gasteiger partial charge in [-0.15, -0.1) is 22.7 Å². The first-order valence-corrected chi connectivity index (χ1v) is 20.5. The highest BCUT2D eigenvalue weighted by Crippen LogP contribution is 2.52. The first kappa shape index (κ1) is 35.9. The van der Waals surface area contributed by atoms with E-state index in [0.717, 1.165) is 56.3 Å². The third-order valence-electron chi connectivity index (χ3n) is 8.65. The van der Waals surface area contributed by atoms with E-state index in [4.69, 9.17) is 18.2 Å². The van der Waals surface area contributed by atoms with Crippen molar-refractivity contribution in [3.63, 3.8) is 0 Å². The van der Waals surface area contributed by atoms with Gasteiger partial charge in [-0.2, -0.15) is 8.75 Å². The van der Waals surface area contributed by atoms with Crippen LogP contribution < -0.4 is 9.47 Å². The van der Waals surface area contributed by atoms with Crippen LogP contribution in [-0.4, -0.2) is 22.0 Å². The molecular weight excluding hydrogens is 613 g/mol. The first-order chi connectivity index (χ1) is 22.3. The Balaban J connectivity index is 1.42. The highest BCUT2D eigenvalue weighted by atomic mass is 32.1. The molecule has 0 fully saturated rings. The summed E-state index contributed by atoms with van der Waals surface area (Å²) >= 11 is 4.74. The van der Waals surface area contributed by atoms with Gasteiger partial charge in [0.25, 0.3) is 0 Å². The number of unbranched alkanes of at least 4 members (excludes halogenated alkanes) is 18. The molecule has 1 aromatic carbocycles. The molecule has 0 aliphatic heterocycles. The number of benzene rings is 1. The van der Waals surface area contributed by atoms with E-state index in [-0.39, 0.29) is 0 Å². The second-order valence-electron chi connectivity index (χ2n) is 12.4. The van der Waals surface area contributed by atoms with E-state index in [2.05, 4.69) is 48.9 Å². The maximum absolute atomic E-state index is 6.75. The molecule has 0 radical (unpaired) electrons. The van der Waals surface area contributed by atoms with Crippen molar-refractivity contribution in [2.24, 2.45) is 0 Å². The molecule has 3 heterocycles. The van der Waals surface area contributed by atoms with E-state index in [0.29, 0.717) is 13.2 Å². The second-order valence-corrected chi connectivity index (χ2v) is 14.8. The largest absolute Gasteiger partial charge is 0.489 e. The molecule has 4 rings (SSSR count). The number of aromatic nitrogens is 2. The normalized spacial score (nSPS) is 11.5. The van der Waals surface area contributed by atoms with Crippen LogP contribution in [0.4, 0.5) is 0 Å². The fraction of sp³-hybridized carbons (Fsp3) is 0.632. The summed E-state index contributed by atoms with van der Waals surface area (Å²) in [5.41, 5.74) is 3.93. The van der Waals surface area contributed by atoms with Crippen molar-refractivity contribution in [3.8, 4) is 32.4 Å². The molecule has 0 spiro atoms. The topological polar surface area (TPSA) is 44.2 Å². The van der Waals surface area contributed by atoms with Crippen molar-refractivity contribution >= 4 is 45.4 Å². The number of rotatable bonds is 26. The number of ether oxygens (including phenoxy) is 2. The van der Waals surface area contributed by atoms with Crippen molar-refractivity contribution in [2.75, 3.05) is 13.2 Å². The maximum Gasteiger partial charge on any atom is 0.172 e. The molecule has 0 atom stereocenters. The minimum atomic E-state index is 0.691. The molecule has 0 bridgehead atoms. The molecule has 0 saturated heterocycles. The number of fused-ring (bicyclic) bond motifs is 1. The van der Waals surface area contributed by atoms with Crippen LogP contribution in [0.15, 0.2) is 35.0 Å². The van der Waals surface area contributed by atoms with Gasteiger partial charge in [0.05, 0.1) is 36.1 Å². The zero-order valence-corrected chi connectivity index (χ0v) is 30.4. The molecule has 0 saturated carbocycles. The maximum atomic E-state index is 6.75. The highest BCUT2D eigenvalue weighted by molar-refractivity contribution is 7.14. The van der Waals surface area contributed by atoms with E-state index in [1.807, 2.05) is 0 Å². The van der Waals surface area contributed by atoms with Crippen LogP contribution in [0.5, 0.6) is 11.5 Å². The Hall–Kier alpha value is -1.96. The van der Waals surface area contributed by atoms with Gasteiger partial charge in [-0.25, -0.2) is 0 Å². The molecule has 45 heavy (non-hydrogen) atoms. The molecule has 0 aliphatic carbocycles. The van der Waals surface area contributed by atoms with Crippen LogP contribution in [0.1, 0.15) is 142 Å². The average Bonchev–Trinajstić information content (AvgIpc) is 3.86. The summed E-state index contributed by atoms with van der Waals surface area (Å²) in [6.07, 6.45) is 26.2. The molecule has 3 aromatic heterocycles. The van der Waals surface area contributed by atoms with Crippen LogP contribution in [0.25, 0.3) is 31.9 Å². The fourth-order valence-electron chi connectivity index (χ4n) is 6.06. The lowest BCUT2D eigenvalue weighted by molar-refractivity contribution is 0.260. The number of thiophene rings is 2. The van der Waals surface area contributed by atoms with Gasteiger partial charge in [0, 0.05) is 9.75 Å².